The predicted molar refractivity (Wildman–Crippen MR) is 87.1 cm³/mol. The molecule has 1 saturated heterocycles. The van der Waals surface area contributed by atoms with E-state index in [9.17, 15) is 13.2 Å². The predicted octanol–water partition coefficient (Wildman–Crippen LogP) is 4.59. The van der Waals surface area contributed by atoms with Gasteiger partial charge in [-0.3, -0.25) is 0 Å². The Bertz CT molecular complexity index is 560. The molecule has 1 aliphatic heterocycles. The third kappa shape index (κ3) is 3.47. The maximum absolute atomic E-state index is 13.1. The van der Waals surface area contributed by atoms with E-state index in [4.69, 9.17) is 4.43 Å². The maximum atomic E-state index is 13.1. The minimum atomic E-state index is -4.38. The number of benzene rings is 1. The van der Waals surface area contributed by atoms with Gasteiger partial charge in [-0.25, -0.2) is 10.9 Å². The van der Waals surface area contributed by atoms with Gasteiger partial charge in [-0.2, -0.15) is 13.2 Å². The van der Waals surface area contributed by atoms with Crippen LogP contribution < -0.4 is 10.9 Å². The van der Waals surface area contributed by atoms with Crippen molar-refractivity contribution in [1.82, 2.24) is 10.9 Å². The standard InChI is InChI=1S/C16H25F3N2OSi/c1-11(22-23(5,6)14(2,3)4)12-7-9-13(10-8-12)15(20-21-15)16(17,18)19/h7-11,20-21H,1-6H3. The Kier molecular flexibility index (Phi) is 4.47. The Hall–Kier alpha value is -0.893. The second kappa shape index (κ2) is 5.58. The average Bonchev–Trinajstić information content (AvgIpc) is 3.17. The zero-order valence-corrected chi connectivity index (χ0v) is 15.4. The lowest BCUT2D eigenvalue weighted by molar-refractivity contribution is -0.165. The molecule has 1 fully saturated rings. The van der Waals surface area contributed by atoms with Gasteiger partial charge in [0.15, 0.2) is 8.32 Å². The monoisotopic (exact) mass is 346 g/mol. The Morgan fingerprint density at radius 1 is 1.04 bits per heavy atom. The van der Waals surface area contributed by atoms with Gasteiger partial charge >= 0.3 is 6.18 Å². The number of hydrazine groups is 1. The first-order valence-corrected chi connectivity index (χ1v) is 10.6. The molecule has 1 aliphatic rings. The SMILES string of the molecule is CC(O[Si](C)(C)C(C)(C)C)c1ccc(C2(C(F)(F)F)NN2)cc1. The fraction of sp³-hybridized carbons (Fsp3) is 0.625. The Morgan fingerprint density at radius 3 is 1.87 bits per heavy atom. The first kappa shape index (κ1) is 18.4. The molecule has 3 nitrogen and oxygen atoms in total. The van der Waals surface area contributed by atoms with Gasteiger partial charge in [0.05, 0.1) is 6.10 Å². The van der Waals surface area contributed by atoms with Crippen LogP contribution >= 0.6 is 0 Å². The molecule has 0 saturated carbocycles. The number of rotatable bonds is 4. The minimum absolute atomic E-state index is 0.0867. The highest BCUT2D eigenvalue weighted by Crippen LogP contribution is 2.43. The summed E-state index contributed by atoms with van der Waals surface area (Å²) in [6.07, 6.45) is -4.52. The van der Waals surface area contributed by atoms with E-state index in [0.717, 1.165) is 5.56 Å². The summed E-state index contributed by atoms with van der Waals surface area (Å²) in [5.74, 6) is 0. The summed E-state index contributed by atoms with van der Waals surface area (Å²) in [5, 5.41) is 0.0867. The van der Waals surface area contributed by atoms with Gasteiger partial charge < -0.3 is 4.43 Å². The summed E-state index contributed by atoms with van der Waals surface area (Å²) in [6.45, 7) is 12.7. The lowest BCUT2D eigenvalue weighted by Crippen LogP contribution is -2.41. The first-order chi connectivity index (χ1) is 10.3. The molecule has 0 spiro atoms. The second-order valence-corrected chi connectivity index (χ2v) is 12.4. The molecule has 1 aromatic rings. The highest BCUT2D eigenvalue weighted by atomic mass is 28.4. The first-order valence-electron chi connectivity index (χ1n) is 7.69. The zero-order chi connectivity index (χ0) is 17.7. The van der Waals surface area contributed by atoms with Crippen LogP contribution in [0.4, 0.5) is 13.2 Å². The van der Waals surface area contributed by atoms with Crippen molar-refractivity contribution in [2.45, 2.75) is 63.8 Å². The van der Waals surface area contributed by atoms with Crippen molar-refractivity contribution in [2.24, 2.45) is 0 Å². The van der Waals surface area contributed by atoms with E-state index in [0.29, 0.717) is 0 Å². The van der Waals surface area contributed by atoms with Gasteiger partial charge in [0.25, 0.3) is 0 Å². The van der Waals surface area contributed by atoms with Crippen molar-refractivity contribution >= 4 is 8.32 Å². The van der Waals surface area contributed by atoms with Gasteiger partial charge in [-0.15, -0.1) is 0 Å². The normalized spacial score (nSPS) is 19.5. The highest BCUT2D eigenvalue weighted by molar-refractivity contribution is 6.74. The van der Waals surface area contributed by atoms with Crippen LogP contribution in [0.15, 0.2) is 24.3 Å². The molecule has 130 valence electrons. The smallest absolute Gasteiger partial charge is 0.410 e. The fourth-order valence-corrected chi connectivity index (χ4v) is 3.58. The van der Waals surface area contributed by atoms with Crippen LogP contribution in [0.3, 0.4) is 0 Å². The van der Waals surface area contributed by atoms with Crippen LogP contribution in [0.25, 0.3) is 0 Å². The van der Waals surface area contributed by atoms with Crippen LogP contribution in [0.5, 0.6) is 0 Å². The van der Waals surface area contributed by atoms with Crippen molar-refractivity contribution < 1.29 is 17.6 Å². The van der Waals surface area contributed by atoms with Crippen molar-refractivity contribution in [3.05, 3.63) is 35.4 Å². The maximum Gasteiger partial charge on any atom is 0.426 e. The quantitative estimate of drug-likeness (QED) is 0.619. The summed E-state index contributed by atoms with van der Waals surface area (Å²) in [5.41, 5.74) is 3.37. The molecule has 7 heteroatoms. The van der Waals surface area contributed by atoms with Crippen molar-refractivity contribution in [2.75, 3.05) is 0 Å². The number of halogens is 3. The third-order valence-electron chi connectivity index (χ3n) is 4.89. The molecule has 0 aliphatic carbocycles. The largest absolute Gasteiger partial charge is 0.426 e. The van der Waals surface area contributed by atoms with E-state index in [-0.39, 0.29) is 16.7 Å². The molecule has 0 amide bonds. The van der Waals surface area contributed by atoms with Gasteiger partial charge in [0, 0.05) is 0 Å². The molecule has 1 atom stereocenters. The van der Waals surface area contributed by atoms with E-state index < -0.39 is 20.2 Å². The zero-order valence-electron chi connectivity index (χ0n) is 14.4. The molecule has 0 radical (unpaired) electrons. The van der Waals surface area contributed by atoms with Crippen molar-refractivity contribution in [3.8, 4) is 0 Å². The van der Waals surface area contributed by atoms with Crippen molar-refractivity contribution in [3.63, 3.8) is 0 Å². The van der Waals surface area contributed by atoms with Gasteiger partial charge in [-0.05, 0) is 36.2 Å². The Labute approximate surface area is 136 Å². The molecule has 0 aromatic heterocycles. The number of hydrogen-bond acceptors (Lipinski definition) is 3. The van der Waals surface area contributed by atoms with Crippen LogP contribution in [0.1, 0.15) is 44.9 Å². The van der Waals surface area contributed by atoms with E-state index in [1.54, 1.807) is 12.1 Å². The molecule has 1 heterocycles. The molecule has 23 heavy (non-hydrogen) atoms. The van der Waals surface area contributed by atoms with Crippen LogP contribution in [0, 0.1) is 0 Å². The minimum Gasteiger partial charge on any atom is -0.410 e. The molecule has 2 rings (SSSR count). The molecule has 2 N–H and O–H groups in total. The summed E-state index contributed by atoms with van der Waals surface area (Å²) >= 11 is 0. The molecular weight excluding hydrogens is 321 g/mol. The van der Waals surface area contributed by atoms with Crippen LogP contribution in [-0.4, -0.2) is 14.5 Å². The van der Waals surface area contributed by atoms with E-state index >= 15 is 0 Å². The summed E-state index contributed by atoms with van der Waals surface area (Å²) in [7, 11) is -1.92. The summed E-state index contributed by atoms with van der Waals surface area (Å²) in [4.78, 5) is 0. The van der Waals surface area contributed by atoms with E-state index in [1.165, 1.54) is 12.1 Å². The van der Waals surface area contributed by atoms with E-state index in [1.807, 2.05) is 6.92 Å². The highest BCUT2D eigenvalue weighted by Gasteiger charge is 2.65. The average molecular weight is 346 g/mol. The fourth-order valence-electron chi connectivity index (χ4n) is 2.20. The third-order valence-corrected chi connectivity index (χ3v) is 9.45. The van der Waals surface area contributed by atoms with E-state index in [2.05, 4.69) is 44.7 Å². The Balaban J connectivity index is 2.15. The second-order valence-electron chi connectivity index (χ2n) is 7.64. The van der Waals surface area contributed by atoms with Crippen LogP contribution in [0.2, 0.25) is 18.1 Å². The number of alkyl halides is 3. The number of hydrogen-bond donors (Lipinski definition) is 2. The summed E-state index contributed by atoms with van der Waals surface area (Å²) < 4.78 is 45.4. The number of nitrogens with one attached hydrogen (secondary N) is 2. The molecule has 1 unspecified atom stereocenters. The lowest BCUT2D eigenvalue weighted by Gasteiger charge is -2.38. The molecular formula is C16H25F3N2OSi. The van der Waals surface area contributed by atoms with Crippen LogP contribution in [-0.2, 0) is 10.1 Å². The lowest BCUT2D eigenvalue weighted by atomic mass is 10.0. The van der Waals surface area contributed by atoms with Gasteiger partial charge in [0.2, 0.25) is 5.66 Å². The van der Waals surface area contributed by atoms with Gasteiger partial charge in [-0.1, -0.05) is 45.0 Å². The Morgan fingerprint density at radius 2 is 1.52 bits per heavy atom. The molecule has 0 bridgehead atoms. The summed E-state index contributed by atoms with van der Waals surface area (Å²) in [6, 6.07) is 6.42. The molecule has 1 aromatic carbocycles. The topological polar surface area (TPSA) is 53.1 Å². The van der Waals surface area contributed by atoms with Gasteiger partial charge in [0.1, 0.15) is 0 Å². The van der Waals surface area contributed by atoms with Crippen molar-refractivity contribution in [1.29, 1.82) is 0 Å².